The molecule has 1 unspecified atom stereocenters. The van der Waals surface area contributed by atoms with Crippen molar-refractivity contribution in [3.63, 3.8) is 0 Å². The van der Waals surface area contributed by atoms with E-state index in [4.69, 9.17) is 5.26 Å². The van der Waals surface area contributed by atoms with Crippen molar-refractivity contribution in [2.24, 2.45) is 0 Å². The first-order valence-electron chi connectivity index (χ1n) is 5.81. The zero-order valence-corrected chi connectivity index (χ0v) is 10.5. The minimum absolute atomic E-state index is 0.0778. The van der Waals surface area contributed by atoms with Crippen molar-refractivity contribution in [1.29, 1.82) is 5.26 Å². The summed E-state index contributed by atoms with van der Waals surface area (Å²) >= 11 is 0. The van der Waals surface area contributed by atoms with Crippen LogP contribution in [0.25, 0.3) is 0 Å². The maximum absolute atomic E-state index is 11.6. The molecule has 0 aromatic rings. The van der Waals surface area contributed by atoms with Crippen LogP contribution in [0.2, 0.25) is 0 Å². The van der Waals surface area contributed by atoms with Crippen LogP contribution in [0.1, 0.15) is 39.0 Å². The third-order valence-electron chi connectivity index (χ3n) is 2.41. The standard InChI is InChI=1S/C12H20N2O3/c1-3-4-7-14(2)12(17)9-11(16)8-10(15)5-6-13/h10,15H,3-5,7-9H2,1-2H3. The number of hydrogen-bond donors (Lipinski definition) is 1. The molecule has 0 saturated carbocycles. The molecule has 5 heteroatoms. The first-order chi connectivity index (χ1) is 8.01. The Morgan fingerprint density at radius 1 is 1.47 bits per heavy atom. The fraction of sp³-hybridized carbons (Fsp3) is 0.750. The summed E-state index contributed by atoms with van der Waals surface area (Å²) in [5.41, 5.74) is 0. The van der Waals surface area contributed by atoms with Gasteiger partial charge in [-0.15, -0.1) is 0 Å². The zero-order valence-electron chi connectivity index (χ0n) is 10.5. The summed E-state index contributed by atoms with van der Waals surface area (Å²) in [4.78, 5) is 24.5. The van der Waals surface area contributed by atoms with E-state index in [1.54, 1.807) is 13.1 Å². The average Bonchev–Trinajstić information content (AvgIpc) is 2.25. The van der Waals surface area contributed by atoms with Gasteiger partial charge in [0.2, 0.25) is 5.91 Å². The average molecular weight is 240 g/mol. The molecule has 1 atom stereocenters. The molecule has 0 spiro atoms. The van der Waals surface area contributed by atoms with Gasteiger partial charge in [0.25, 0.3) is 0 Å². The second-order valence-electron chi connectivity index (χ2n) is 4.10. The molecule has 96 valence electrons. The summed E-state index contributed by atoms with van der Waals surface area (Å²) in [6.07, 6.45) is 0.552. The van der Waals surface area contributed by atoms with Crippen molar-refractivity contribution in [1.82, 2.24) is 4.90 Å². The molecule has 0 aliphatic carbocycles. The number of rotatable bonds is 8. The van der Waals surface area contributed by atoms with Crippen LogP contribution in [-0.2, 0) is 9.59 Å². The van der Waals surface area contributed by atoms with Crippen LogP contribution >= 0.6 is 0 Å². The van der Waals surface area contributed by atoms with Crippen LogP contribution in [0.4, 0.5) is 0 Å². The van der Waals surface area contributed by atoms with Gasteiger partial charge in [-0.05, 0) is 6.42 Å². The fourth-order valence-electron chi connectivity index (χ4n) is 1.34. The van der Waals surface area contributed by atoms with Crippen LogP contribution in [0.5, 0.6) is 0 Å². The van der Waals surface area contributed by atoms with Crippen LogP contribution in [0.15, 0.2) is 0 Å². The Balaban J connectivity index is 3.95. The predicted molar refractivity (Wildman–Crippen MR) is 63.0 cm³/mol. The third-order valence-corrected chi connectivity index (χ3v) is 2.41. The van der Waals surface area contributed by atoms with E-state index in [0.29, 0.717) is 6.54 Å². The number of carbonyl (C=O) groups excluding carboxylic acids is 2. The lowest BCUT2D eigenvalue weighted by molar-refractivity contribution is -0.135. The number of nitriles is 1. The normalized spacial score (nSPS) is 11.6. The number of nitrogens with zero attached hydrogens (tertiary/aromatic N) is 2. The lowest BCUT2D eigenvalue weighted by Crippen LogP contribution is -2.30. The number of aliphatic hydroxyl groups excluding tert-OH is 1. The number of hydrogen-bond acceptors (Lipinski definition) is 4. The molecule has 0 bridgehead atoms. The molecule has 0 heterocycles. The van der Waals surface area contributed by atoms with Gasteiger partial charge in [0.1, 0.15) is 5.78 Å². The Kier molecular flexibility index (Phi) is 7.99. The van der Waals surface area contributed by atoms with E-state index in [-0.39, 0.29) is 31.0 Å². The highest BCUT2D eigenvalue weighted by Crippen LogP contribution is 2.03. The fourth-order valence-corrected chi connectivity index (χ4v) is 1.34. The molecule has 0 aliphatic heterocycles. The van der Waals surface area contributed by atoms with E-state index in [9.17, 15) is 14.7 Å². The number of amides is 1. The first kappa shape index (κ1) is 15.6. The van der Waals surface area contributed by atoms with Crippen molar-refractivity contribution >= 4 is 11.7 Å². The van der Waals surface area contributed by atoms with Crippen LogP contribution in [0.3, 0.4) is 0 Å². The van der Waals surface area contributed by atoms with Crippen molar-refractivity contribution in [3.8, 4) is 6.07 Å². The van der Waals surface area contributed by atoms with Gasteiger partial charge >= 0.3 is 0 Å². The molecule has 0 radical (unpaired) electrons. The highest BCUT2D eigenvalue weighted by atomic mass is 16.3. The summed E-state index contributed by atoms with van der Waals surface area (Å²) < 4.78 is 0. The van der Waals surface area contributed by atoms with Gasteiger partial charge in [0.15, 0.2) is 0 Å². The summed E-state index contributed by atoms with van der Waals surface area (Å²) in [6, 6.07) is 1.78. The number of unbranched alkanes of at least 4 members (excludes halogenated alkanes) is 1. The maximum Gasteiger partial charge on any atom is 0.229 e. The van der Waals surface area contributed by atoms with Crippen molar-refractivity contribution < 1.29 is 14.7 Å². The molecular formula is C12H20N2O3. The summed E-state index contributed by atoms with van der Waals surface area (Å²) in [6.45, 7) is 2.67. The van der Waals surface area contributed by atoms with Gasteiger partial charge < -0.3 is 10.0 Å². The highest BCUT2D eigenvalue weighted by molar-refractivity contribution is 5.98. The van der Waals surface area contributed by atoms with E-state index in [2.05, 4.69) is 0 Å². The first-order valence-corrected chi connectivity index (χ1v) is 5.81. The molecule has 1 amide bonds. The summed E-state index contributed by atoms with van der Waals surface area (Å²) in [5.74, 6) is -0.547. The second-order valence-corrected chi connectivity index (χ2v) is 4.10. The molecular weight excluding hydrogens is 220 g/mol. The molecule has 17 heavy (non-hydrogen) atoms. The van der Waals surface area contributed by atoms with Gasteiger partial charge in [0.05, 0.1) is 25.0 Å². The number of aliphatic hydroxyl groups is 1. The zero-order chi connectivity index (χ0) is 13.3. The minimum Gasteiger partial charge on any atom is -0.392 e. The van der Waals surface area contributed by atoms with Gasteiger partial charge in [-0.1, -0.05) is 13.3 Å². The lowest BCUT2D eigenvalue weighted by Gasteiger charge is -2.16. The summed E-state index contributed by atoms with van der Waals surface area (Å²) in [7, 11) is 1.66. The smallest absolute Gasteiger partial charge is 0.229 e. The third kappa shape index (κ3) is 7.47. The Labute approximate surface area is 102 Å². The Bertz CT molecular complexity index is 297. The Morgan fingerprint density at radius 3 is 2.65 bits per heavy atom. The Morgan fingerprint density at radius 2 is 2.12 bits per heavy atom. The quantitative estimate of drug-likeness (QED) is 0.638. The molecule has 0 rings (SSSR count). The van der Waals surface area contributed by atoms with Crippen molar-refractivity contribution in [2.75, 3.05) is 13.6 Å². The summed E-state index contributed by atoms with van der Waals surface area (Å²) in [5, 5.41) is 17.6. The molecule has 0 aliphatic rings. The van der Waals surface area contributed by atoms with E-state index >= 15 is 0 Å². The minimum atomic E-state index is -0.957. The number of Topliss-reactive ketones (excluding diaryl/α,β-unsaturated/α-hetero) is 1. The van der Waals surface area contributed by atoms with E-state index in [1.165, 1.54) is 4.90 Å². The van der Waals surface area contributed by atoms with Crippen LogP contribution in [0, 0.1) is 11.3 Å². The van der Waals surface area contributed by atoms with Gasteiger partial charge in [-0.25, -0.2) is 0 Å². The SMILES string of the molecule is CCCCN(C)C(=O)CC(=O)CC(O)CC#N. The number of ketones is 1. The van der Waals surface area contributed by atoms with Crippen molar-refractivity contribution in [2.45, 2.75) is 45.1 Å². The van der Waals surface area contributed by atoms with Gasteiger partial charge in [-0.3, -0.25) is 9.59 Å². The van der Waals surface area contributed by atoms with Gasteiger partial charge in [-0.2, -0.15) is 5.26 Å². The molecule has 0 aromatic carbocycles. The van der Waals surface area contributed by atoms with E-state index < -0.39 is 6.10 Å². The predicted octanol–water partition coefficient (Wildman–Crippen LogP) is 0.869. The van der Waals surface area contributed by atoms with Crippen LogP contribution in [-0.4, -0.2) is 41.4 Å². The molecule has 1 N–H and O–H groups in total. The number of carbonyl (C=O) groups is 2. The topological polar surface area (TPSA) is 81.4 Å². The lowest BCUT2D eigenvalue weighted by atomic mass is 10.1. The highest BCUT2D eigenvalue weighted by Gasteiger charge is 2.16. The Hall–Kier alpha value is -1.41. The maximum atomic E-state index is 11.6. The molecule has 0 saturated heterocycles. The van der Waals surface area contributed by atoms with Crippen LogP contribution < -0.4 is 0 Å². The van der Waals surface area contributed by atoms with E-state index in [1.807, 2.05) is 6.92 Å². The van der Waals surface area contributed by atoms with Crippen molar-refractivity contribution in [3.05, 3.63) is 0 Å². The monoisotopic (exact) mass is 240 g/mol. The van der Waals surface area contributed by atoms with E-state index in [0.717, 1.165) is 12.8 Å². The largest absolute Gasteiger partial charge is 0.392 e. The molecule has 0 aromatic heterocycles. The van der Waals surface area contributed by atoms with Gasteiger partial charge in [0, 0.05) is 20.0 Å². The second kappa shape index (κ2) is 8.71. The molecule has 5 nitrogen and oxygen atoms in total. The molecule has 0 fully saturated rings.